The lowest BCUT2D eigenvalue weighted by Crippen LogP contribution is -2.19. The summed E-state index contributed by atoms with van der Waals surface area (Å²) >= 11 is 0. The van der Waals surface area contributed by atoms with Gasteiger partial charge in [-0.25, -0.2) is 12.8 Å². The molecule has 0 amide bonds. The normalized spacial score (nSPS) is 15.4. The van der Waals surface area contributed by atoms with Gasteiger partial charge < -0.3 is 9.47 Å². The van der Waals surface area contributed by atoms with Crippen molar-refractivity contribution in [2.45, 2.75) is 25.3 Å². The molecule has 4 nitrogen and oxygen atoms in total. The van der Waals surface area contributed by atoms with Crippen LogP contribution in [0.5, 0.6) is 11.5 Å². The summed E-state index contributed by atoms with van der Waals surface area (Å²) in [4.78, 5) is 0. The number of alkyl halides is 1. The van der Waals surface area contributed by atoms with Crippen molar-refractivity contribution < 1.29 is 22.3 Å². The van der Waals surface area contributed by atoms with E-state index in [1.807, 2.05) is 0 Å². The Balaban J connectivity index is 2.56. The Hall–Kier alpha value is -1.01. The van der Waals surface area contributed by atoms with Crippen LogP contribution in [0.4, 0.5) is 4.39 Å². The van der Waals surface area contributed by atoms with Gasteiger partial charge in [-0.15, -0.1) is 0 Å². The Morgan fingerprint density at radius 3 is 2.53 bits per heavy atom. The predicted molar refractivity (Wildman–Crippen MR) is 70.0 cm³/mol. The molecule has 0 saturated heterocycles. The summed E-state index contributed by atoms with van der Waals surface area (Å²) in [5, 5.41) is 0. The summed E-state index contributed by atoms with van der Waals surface area (Å²) in [5.41, 5.74) is -0.972. The molecule has 1 aromatic carbocycles. The Morgan fingerprint density at radius 1 is 1.32 bits per heavy atom. The van der Waals surface area contributed by atoms with Crippen LogP contribution < -0.4 is 9.47 Å². The first-order valence-electron chi connectivity index (χ1n) is 5.71. The standard InChI is InChI=1S/C12H14ClFO4S/c1-12(2,14)9-5-8(7-19(13,15)16)11-10(6-9)17-3-4-18-11/h5-6H,3-4,7H2,1-2H3. The average molecular weight is 309 g/mol. The quantitative estimate of drug-likeness (QED) is 0.806. The highest BCUT2D eigenvalue weighted by molar-refractivity contribution is 8.13. The minimum atomic E-state index is -3.76. The van der Waals surface area contributed by atoms with Crippen molar-refractivity contribution in [1.29, 1.82) is 0 Å². The van der Waals surface area contributed by atoms with Gasteiger partial charge >= 0.3 is 0 Å². The van der Waals surface area contributed by atoms with Crippen LogP contribution in [-0.2, 0) is 20.5 Å². The minimum Gasteiger partial charge on any atom is -0.486 e. The minimum absolute atomic E-state index is 0.313. The summed E-state index contributed by atoms with van der Waals surface area (Å²) in [5.74, 6) is 0.248. The molecule has 106 valence electrons. The summed E-state index contributed by atoms with van der Waals surface area (Å²) in [6.45, 7) is 3.44. The van der Waals surface area contributed by atoms with Crippen molar-refractivity contribution in [2.24, 2.45) is 0 Å². The van der Waals surface area contributed by atoms with E-state index in [4.69, 9.17) is 20.2 Å². The first-order valence-corrected chi connectivity index (χ1v) is 8.19. The Labute approximate surface area is 115 Å². The van der Waals surface area contributed by atoms with E-state index in [2.05, 4.69) is 0 Å². The number of rotatable bonds is 3. The molecule has 19 heavy (non-hydrogen) atoms. The van der Waals surface area contributed by atoms with Crippen molar-refractivity contribution in [1.82, 2.24) is 0 Å². The van der Waals surface area contributed by atoms with E-state index < -0.39 is 20.5 Å². The summed E-state index contributed by atoms with van der Waals surface area (Å²) in [6.07, 6.45) is 0. The van der Waals surface area contributed by atoms with Gasteiger partial charge in [0.25, 0.3) is 0 Å². The average Bonchev–Trinajstić information content (AvgIpc) is 2.25. The lowest BCUT2D eigenvalue weighted by molar-refractivity contribution is 0.167. The maximum absolute atomic E-state index is 14.0. The molecule has 7 heteroatoms. The molecule has 0 radical (unpaired) electrons. The predicted octanol–water partition coefficient (Wildman–Crippen LogP) is 2.73. The number of hydrogen-bond acceptors (Lipinski definition) is 4. The fraction of sp³-hybridized carbons (Fsp3) is 0.500. The topological polar surface area (TPSA) is 52.6 Å². The molecule has 0 unspecified atom stereocenters. The van der Waals surface area contributed by atoms with Crippen LogP contribution in [0, 0.1) is 0 Å². The molecular weight excluding hydrogens is 295 g/mol. The molecule has 0 fully saturated rings. The first kappa shape index (κ1) is 14.4. The molecule has 0 aliphatic carbocycles. The van der Waals surface area contributed by atoms with Gasteiger partial charge in [0.1, 0.15) is 18.9 Å². The summed E-state index contributed by atoms with van der Waals surface area (Å²) in [7, 11) is 1.50. The molecule has 1 aliphatic heterocycles. The van der Waals surface area contributed by atoms with E-state index in [0.717, 1.165) is 0 Å². The van der Waals surface area contributed by atoms with Crippen LogP contribution in [0.1, 0.15) is 25.0 Å². The highest BCUT2D eigenvalue weighted by Crippen LogP contribution is 2.40. The molecule has 0 N–H and O–H groups in total. The Kier molecular flexibility index (Phi) is 3.66. The zero-order valence-corrected chi connectivity index (χ0v) is 12.1. The van der Waals surface area contributed by atoms with Crippen molar-refractivity contribution in [3.63, 3.8) is 0 Å². The molecule has 1 aliphatic rings. The number of fused-ring (bicyclic) bond motifs is 1. The van der Waals surface area contributed by atoms with E-state index in [9.17, 15) is 12.8 Å². The molecule has 0 saturated carbocycles. The summed E-state index contributed by atoms with van der Waals surface area (Å²) < 4.78 is 47.3. The zero-order chi connectivity index (χ0) is 14.3. The largest absolute Gasteiger partial charge is 0.486 e. The zero-order valence-electron chi connectivity index (χ0n) is 10.6. The van der Waals surface area contributed by atoms with Crippen molar-refractivity contribution in [3.8, 4) is 11.5 Å². The third-order valence-corrected chi connectivity index (χ3v) is 3.72. The van der Waals surface area contributed by atoms with E-state index in [-0.39, 0.29) is 0 Å². The second-order valence-electron chi connectivity index (χ2n) is 4.82. The van der Waals surface area contributed by atoms with Crippen LogP contribution in [0.2, 0.25) is 0 Å². The number of halogens is 2. The van der Waals surface area contributed by atoms with Crippen LogP contribution in [0.15, 0.2) is 12.1 Å². The molecule has 0 aromatic heterocycles. The molecule has 1 heterocycles. The lowest BCUT2D eigenvalue weighted by Gasteiger charge is -2.24. The number of ether oxygens (including phenoxy) is 2. The fourth-order valence-corrected chi connectivity index (χ4v) is 2.80. The van der Waals surface area contributed by atoms with Crippen LogP contribution in [0.25, 0.3) is 0 Å². The fourth-order valence-electron chi connectivity index (χ4n) is 1.86. The van der Waals surface area contributed by atoms with Crippen molar-refractivity contribution >= 4 is 19.7 Å². The number of hydrogen-bond donors (Lipinski definition) is 0. The van der Waals surface area contributed by atoms with E-state index >= 15 is 0 Å². The smallest absolute Gasteiger partial charge is 0.236 e. The van der Waals surface area contributed by atoms with E-state index in [1.165, 1.54) is 26.0 Å². The molecule has 2 rings (SSSR count). The molecule has 1 aromatic rings. The SMILES string of the molecule is CC(C)(F)c1cc(CS(=O)(=O)Cl)c2c(c1)OCCO2. The summed E-state index contributed by atoms with van der Waals surface area (Å²) in [6, 6.07) is 2.98. The van der Waals surface area contributed by atoms with Crippen LogP contribution in [-0.4, -0.2) is 21.6 Å². The monoisotopic (exact) mass is 308 g/mol. The van der Waals surface area contributed by atoms with E-state index in [1.54, 1.807) is 0 Å². The van der Waals surface area contributed by atoms with Gasteiger partial charge in [0.15, 0.2) is 11.5 Å². The Bertz CT molecular complexity index is 592. The maximum atomic E-state index is 14.0. The van der Waals surface area contributed by atoms with Crippen molar-refractivity contribution in [3.05, 3.63) is 23.3 Å². The second kappa shape index (κ2) is 4.83. The third-order valence-electron chi connectivity index (χ3n) is 2.73. The number of benzene rings is 1. The molecular formula is C12H14ClFO4S. The van der Waals surface area contributed by atoms with Crippen LogP contribution >= 0.6 is 10.7 Å². The first-order chi connectivity index (χ1) is 8.67. The molecule has 0 atom stereocenters. The van der Waals surface area contributed by atoms with Gasteiger partial charge in [0.2, 0.25) is 9.05 Å². The molecule has 0 spiro atoms. The van der Waals surface area contributed by atoms with Gasteiger partial charge in [0.05, 0.1) is 5.75 Å². The highest BCUT2D eigenvalue weighted by Gasteiger charge is 2.26. The van der Waals surface area contributed by atoms with Gasteiger partial charge in [-0.05, 0) is 31.5 Å². The van der Waals surface area contributed by atoms with Gasteiger partial charge in [0, 0.05) is 16.2 Å². The van der Waals surface area contributed by atoms with Crippen molar-refractivity contribution in [2.75, 3.05) is 13.2 Å². The highest BCUT2D eigenvalue weighted by atomic mass is 35.7. The lowest BCUT2D eigenvalue weighted by atomic mass is 9.97. The Morgan fingerprint density at radius 2 is 1.95 bits per heavy atom. The van der Waals surface area contributed by atoms with Gasteiger partial charge in [-0.2, -0.15) is 0 Å². The third kappa shape index (κ3) is 3.51. The second-order valence-corrected chi connectivity index (χ2v) is 7.59. The van der Waals surface area contributed by atoms with E-state index in [0.29, 0.717) is 35.8 Å². The van der Waals surface area contributed by atoms with Gasteiger partial charge in [-0.3, -0.25) is 0 Å². The maximum Gasteiger partial charge on any atom is 0.236 e. The van der Waals surface area contributed by atoms with Crippen LogP contribution in [0.3, 0.4) is 0 Å². The molecule has 0 bridgehead atoms. The van der Waals surface area contributed by atoms with Gasteiger partial charge in [-0.1, -0.05) is 0 Å².